The third-order valence-electron chi connectivity index (χ3n) is 2.98. The molecule has 7 heteroatoms. The van der Waals surface area contributed by atoms with Crippen molar-refractivity contribution >= 4 is 15.9 Å². The number of nitrogens with two attached hydrogens (primary N) is 1. The van der Waals surface area contributed by atoms with Gasteiger partial charge in [-0.2, -0.15) is 6.42 Å². The molecule has 1 atom stereocenters. The molecule has 2 N–H and O–H groups in total. The smallest absolute Gasteiger partial charge is 0.0743 e. The third-order valence-corrected chi connectivity index (χ3v) is 3.30. The molecule has 0 aromatic heterocycles. The summed E-state index contributed by atoms with van der Waals surface area (Å²) in [6, 6.07) is 6.43. The van der Waals surface area contributed by atoms with E-state index in [9.17, 15) is 0 Å². The van der Waals surface area contributed by atoms with Crippen molar-refractivity contribution in [1.82, 2.24) is 0 Å². The van der Waals surface area contributed by atoms with Gasteiger partial charge in [0, 0.05) is 62.2 Å². The number of hydrogen-bond donors (Lipinski definition) is 1. The zero-order valence-electron chi connectivity index (χ0n) is 15.6. The second-order valence-electron chi connectivity index (χ2n) is 4.93. The maximum Gasteiger partial charge on any atom is 0.0743 e. The van der Waals surface area contributed by atoms with E-state index in [0.717, 1.165) is 42.7 Å². The van der Waals surface area contributed by atoms with Crippen molar-refractivity contribution in [2.45, 2.75) is 25.8 Å². The van der Waals surface area contributed by atoms with E-state index in [1.54, 1.807) is 20.3 Å². The van der Waals surface area contributed by atoms with E-state index in [2.05, 4.69) is 28.9 Å². The van der Waals surface area contributed by atoms with Crippen molar-refractivity contribution in [3.8, 4) is 11.5 Å². The maximum absolute atomic E-state index is 5.76. The molecule has 0 saturated carbocycles. The molecular weight excluding hydrogens is 463 g/mol. The van der Waals surface area contributed by atoms with Gasteiger partial charge in [0.2, 0.25) is 0 Å². The number of alkyl halides is 1. The molecular formula is C18H30BrNO4Y-2. The molecule has 0 heterocycles. The van der Waals surface area contributed by atoms with Crippen molar-refractivity contribution in [2.24, 2.45) is 5.73 Å². The fourth-order valence-corrected chi connectivity index (χ4v) is 1.93. The zero-order chi connectivity index (χ0) is 18.2. The third kappa shape index (κ3) is 14.1. The van der Waals surface area contributed by atoms with Crippen molar-refractivity contribution in [3.05, 3.63) is 30.7 Å². The van der Waals surface area contributed by atoms with Gasteiger partial charge >= 0.3 is 0 Å². The molecule has 1 rings (SSSR count). The molecule has 0 amide bonds. The van der Waals surface area contributed by atoms with Gasteiger partial charge in [-0.15, -0.1) is 18.2 Å². The summed E-state index contributed by atoms with van der Waals surface area (Å²) in [7, 11) is 3.21. The van der Waals surface area contributed by atoms with Gasteiger partial charge in [-0.25, -0.2) is 0 Å². The molecule has 0 bridgehead atoms. The van der Waals surface area contributed by atoms with Crippen LogP contribution in [0.4, 0.5) is 0 Å². The number of benzene rings is 1. The van der Waals surface area contributed by atoms with Crippen LogP contribution in [0, 0.1) is 13.0 Å². The van der Waals surface area contributed by atoms with Crippen LogP contribution in [0.3, 0.4) is 0 Å². The van der Waals surface area contributed by atoms with Crippen molar-refractivity contribution in [3.63, 3.8) is 0 Å². The zero-order valence-corrected chi connectivity index (χ0v) is 20.0. The topological polar surface area (TPSA) is 62.9 Å². The van der Waals surface area contributed by atoms with E-state index in [1.807, 2.05) is 13.0 Å². The minimum atomic E-state index is -0.0709. The molecule has 0 aliphatic heterocycles. The first-order valence-corrected chi connectivity index (χ1v) is 9.12. The molecule has 0 spiro atoms. The van der Waals surface area contributed by atoms with Crippen LogP contribution >= 0.6 is 15.9 Å². The monoisotopic (exact) mass is 492 g/mol. The molecule has 5 nitrogen and oxygen atoms in total. The van der Waals surface area contributed by atoms with Crippen LogP contribution in [-0.2, 0) is 42.2 Å². The van der Waals surface area contributed by atoms with Gasteiger partial charge in [0.15, 0.2) is 0 Å². The van der Waals surface area contributed by atoms with Crippen LogP contribution in [0.2, 0.25) is 0 Å². The summed E-state index contributed by atoms with van der Waals surface area (Å²) in [5.74, 6) is 1.42. The van der Waals surface area contributed by atoms with Crippen molar-refractivity contribution < 1.29 is 51.7 Å². The molecule has 1 unspecified atom stereocenters. The Balaban J connectivity index is 0. The first kappa shape index (κ1) is 27.5. The Bertz CT molecular complexity index is 414. The van der Waals surface area contributed by atoms with Crippen LogP contribution in [-0.4, -0.2) is 46.0 Å². The Morgan fingerprint density at radius 1 is 1.16 bits per heavy atom. The van der Waals surface area contributed by atoms with Gasteiger partial charge in [-0.05, 0) is 6.92 Å². The molecule has 0 fully saturated rings. The first-order valence-electron chi connectivity index (χ1n) is 8.00. The van der Waals surface area contributed by atoms with Gasteiger partial charge in [-0.3, -0.25) is 0 Å². The number of hydrogen-bond acceptors (Lipinski definition) is 5. The molecule has 0 aliphatic rings. The molecule has 25 heavy (non-hydrogen) atoms. The van der Waals surface area contributed by atoms with E-state index >= 15 is 0 Å². The fourth-order valence-electron chi connectivity index (χ4n) is 1.71. The fraction of sp³-hybridized carbons (Fsp3) is 0.611. The SMILES string of the molecule is COc1[c-]cc(OC)c(C(C)N)c1.[CH2-]CCCOCCOCCBr.[Y]. The van der Waals surface area contributed by atoms with E-state index in [-0.39, 0.29) is 38.8 Å². The van der Waals surface area contributed by atoms with Crippen molar-refractivity contribution in [1.29, 1.82) is 0 Å². The van der Waals surface area contributed by atoms with Gasteiger partial charge in [-0.1, -0.05) is 27.9 Å². The van der Waals surface area contributed by atoms with E-state index in [1.165, 1.54) is 0 Å². The average molecular weight is 493 g/mol. The summed E-state index contributed by atoms with van der Waals surface area (Å²) >= 11 is 3.27. The molecule has 0 aliphatic carbocycles. The van der Waals surface area contributed by atoms with Crippen LogP contribution in [0.25, 0.3) is 0 Å². The molecule has 1 aromatic rings. The summed E-state index contributed by atoms with van der Waals surface area (Å²) in [4.78, 5) is 0. The average Bonchev–Trinajstić information content (AvgIpc) is 2.61. The minimum Gasteiger partial charge on any atom is -0.554 e. The molecule has 143 valence electrons. The van der Waals surface area contributed by atoms with Gasteiger partial charge in [0.05, 0.1) is 34.0 Å². The molecule has 1 radical (unpaired) electrons. The minimum absolute atomic E-state index is 0. The van der Waals surface area contributed by atoms with E-state index < -0.39 is 0 Å². The van der Waals surface area contributed by atoms with E-state index in [4.69, 9.17) is 24.7 Å². The van der Waals surface area contributed by atoms with E-state index in [0.29, 0.717) is 19.0 Å². The Morgan fingerprint density at radius 2 is 1.80 bits per heavy atom. The maximum atomic E-state index is 5.76. The summed E-state index contributed by atoms with van der Waals surface area (Å²) in [6.45, 7) is 8.58. The summed E-state index contributed by atoms with van der Waals surface area (Å²) < 4.78 is 20.6. The number of rotatable bonds is 11. The molecule has 1 aromatic carbocycles. The Morgan fingerprint density at radius 3 is 2.28 bits per heavy atom. The Labute approximate surface area is 186 Å². The summed E-state index contributed by atoms with van der Waals surface area (Å²) in [6.07, 6.45) is 1.99. The quantitative estimate of drug-likeness (QED) is 0.290. The summed E-state index contributed by atoms with van der Waals surface area (Å²) in [5.41, 5.74) is 6.69. The summed E-state index contributed by atoms with van der Waals surface area (Å²) in [5, 5.41) is 0.895. The largest absolute Gasteiger partial charge is 0.554 e. The second kappa shape index (κ2) is 19.1. The normalized spacial score (nSPS) is 11.0. The number of methoxy groups -OCH3 is 2. The Hall–Kier alpha value is 0.284. The second-order valence-corrected chi connectivity index (χ2v) is 5.73. The number of ether oxygens (including phenoxy) is 4. The standard InChI is InChI=1S/C10H14NO2.C8H16BrO2.Y/c1-7(11)9-6-8(12-2)4-5-10(9)13-3;1-2-3-5-10-7-8-11-6-4-9;/h5-7H,11H2,1-3H3;1-8H2;/q2*-1;. The van der Waals surface area contributed by atoms with Crippen molar-refractivity contribution in [2.75, 3.05) is 46.0 Å². The Kier molecular flexibility index (Phi) is 21.0. The van der Waals surface area contributed by atoms with Gasteiger partial charge < -0.3 is 31.6 Å². The van der Waals surface area contributed by atoms with Gasteiger partial charge in [0.1, 0.15) is 0 Å². The first-order chi connectivity index (χ1) is 11.6. The molecule has 0 saturated heterocycles. The van der Waals surface area contributed by atoms with Crippen LogP contribution in [0.5, 0.6) is 11.5 Å². The van der Waals surface area contributed by atoms with Gasteiger partial charge in [0.25, 0.3) is 0 Å². The van der Waals surface area contributed by atoms with Crippen LogP contribution in [0.1, 0.15) is 31.4 Å². The number of unbranched alkanes of at least 4 members (excludes halogenated alkanes) is 1. The predicted octanol–water partition coefficient (Wildman–Crippen LogP) is 3.55. The predicted molar refractivity (Wildman–Crippen MR) is 101 cm³/mol. The van der Waals surface area contributed by atoms with Crippen LogP contribution < -0.4 is 15.2 Å². The number of halogens is 1. The van der Waals surface area contributed by atoms with Crippen LogP contribution in [0.15, 0.2) is 12.1 Å².